The van der Waals surface area contributed by atoms with E-state index >= 15 is 0 Å². The number of nitrogens with zero attached hydrogens (tertiary/aromatic N) is 2. The minimum absolute atomic E-state index is 0.940. The molecule has 3 nitrogen and oxygen atoms in total. The van der Waals surface area contributed by atoms with Gasteiger partial charge in [0.2, 0.25) is 0 Å². The number of rotatable bonds is 1. The molecule has 1 aromatic carbocycles. The van der Waals surface area contributed by atoms with Gasteiger partial charge in [-0.1, -0.05) is 30.3 Å². The Morgan fingerprint density at radius 1 is 1.13 bits per heavy atom. The summed E-state index contributed by atoms with van der Waals surface area (Å²) in [7, 11) is 0. The zero-order chi connectivity index (χ0) is 10.1. The monoisotopic (exact) mass is 197 g/mol. The fourth-order valence-corrected chi connectivity index (χ4v) is 1.80. The van der Waals surface area contributed by atoms with Crippen LogP contribution in [0, 0.1) is 0 Å². The van der Waals surface area contributed by atoms with Crippen LogP contribution in [-0.4, -0.2) is 16.5 Å². The standard InChI is InChI=1S/C12H11N3/c1-2-4-9(5-3-1)11-8-14-12-10(15-11)6-7-13-12/h1-5,8H,6-7H2,(H,13,14). The van der Waals surface area contributed by atoms with E-state index in [4.69, 9.17) is 0 Å². The van der Waals surface area contributed by atoms with Crippen LogP contribution >= 0.6 is 0 Å². The van der Waals surface area contributed by atoms with E-state index < -0.39 is 0 Å². The Morgan fingerprint density at radius 2 is 2.00 bits per heavy atom. The predicted octanol–water partition coefficient (Wildman–Crippen LogP) is 2.11. The lowest BCUT2D eigenvalue weighted by molar-refractivity contribution is 1.04. The summed E-state index contributed by atoms with van der Waals surface area (Å²) in [5.41, 5.74) is 3.16. The molecule has 3 heteroatoms. The molecule has 0 aliphatic carbocycles. The van der Waals surface area contributed by atoms with Gasteiger partial charge in [-0.2, -0.15) is 0 Å². The van der Waals surface area contributed by atoms with Crippen LogP contribution in [0.1, 0.15) is 5.69 Å². The summed E-state index contributed by atoms with van der Waals surface area (Å²) in [5, 5.41) is 3.21. The van der Waals surface area contributed by atoms with Gasteiger partial charge in [0.05, 0.1) is 17.6 Å². The molecule has 2 aromatic rings. The molecule has 0 saturated heterocycles. The van der Waals surface area contributed by atoms with Crippen molar-refractivity contribution in [2.45, 2.75) is 6.42 Å². The number of hydrogen-bond donors (Lipinski definition) is 1. The van der Waals surface area contributed by atoms with Crippen molar-refractivity contribution in [1.82, 2.24) is 9.97 Å². The molecular weight excluding hydrogens is 186 g/mol. The molecule has 0 amide bonds. The van der Waals surface area contributed by atoms with Gasteiger partial charge in [0, 0.05) is 18.5 Å². The average Bonchev–Trinajstić information content (AvgIpc) is 2.77. The van der Waals surface area contributed by atoms with Crippen LogP contribution in [0.5, 0.6) is 0 Å². The first-order valence-electron chi connectivity index (χ1n) is 5.09. The highest BCUT2D eigenvalue weighted by Gasteiger charge is 2.13. The highest BCUT2D eigenvalue weighted by molar-refractivity contribution is 5.60. The van der Waals surface area contributed by atoms with Crippen molar-refractivity contribution >= 4 is 5.82 Å². The third-order valence-electron chi connectivity index (χ3n) is 2.57. The Morgan fingerprint density at radius 3 is 2.87 bits per heavy atom. The third-order valence-corrected chi connectivity index (χ3v) is 2.57. The topological polar surface area (TPSA) is 37.8 Å². The molecule has 0 bridgehead atoms. The van der Waals surface area contributed by atoms with Crippen molar-refractivity contribution in [3.63, 3.8) is 0 Å². The largest absolute Gasteiger partial charge is 0.368 e. The summed E-state index contributed by atoms with van der Waals surface area (Å²) < 4.78 is 0. The van der Waals surface area contributed by atoms with Crippen LogP contribution in [0.15, 0.2) is 36.5 Å². The van der Waals surface area contributed by atoms with E-state index in [1.807, 2.05) is 24.4 Å². The zero-order valence-corrected chi connectivity index (χ0v) is 8.27. The van der Waals surface area contributed by atoms with Gasteiger partial charge in [0.25, 0.3) is 0 Å². The Hall–Kier alpha value is -1.90. The van der Waals surface area contributed by atoms with Gasteiger partial charge in [0.15, 0.2) is 0 Å². The second kappa shape index (κ2) is 3.35. The maximum Gasteiger partial charge on any atom is 0.147 e. The van der Waals surface area contributed by atoms with Gasteiger partial charge >= 0.3 is 0 Å². The van der Waals surface area contributed by atoms with E-state index in [1.54, 1.807) is 0 Å². The molecule has 15 heavy (non-hydrogen) atoms. The molecule has 0 spiro atoms. The molecule has 0 radical (unpaired) electrons. The van der Waals surface area contributed by atoms with Crippen LogP contribution in [0.25, 0.3) is 11.3 Å². The Bertz CT molecular complexity index is 479. The molecule has 1 aliphatic heterocycles. The molecule has 3 rings (SSSR count). The van der Waals surface area contributed by atoms with Crippen LogP contribution in [-0.2, 0) is 6.42 Å². The lowest BCUT2D eigenvalue weighted by Crippen LogP contribution is -1.93. The van der Waals surface area contributed by atoms with Gasteiger partial charge in [-0.3, -0.25) is 0 Å². The molecule has 0 unspecified atom stereocenters. The molecule has 0 fully saturated rings. The molecular formula is C12H11N3. The van der Waals surface area contributed by atoms with Crippen molar-refractivity contribution in [2.24, 2.45) is 0 Å². The number of aromatic nitrogens is 2. The van der Waals surface area contributed by atoms with Crippen LogP contribution < -0.4 is 5.32 Å². The van der Waals surface area contributed by atoms with Crippen molar-refractivity contribution in [3.8, 4) is 11.3 Å². The summed E-state index contributed by atoms with van der Waals surface area (Å²) in [6.45, 7) is 0.952. The zero-order valence-electron chi connectivity index (χ0n) is 8.27. The van der Waals surface area contributed by atoms with Crippen molar-refractivity contribution in [2.75, 3.05) is 11.9 Å². The molecule has 1 aliphatic rings. The maximum absolute atomic E-state index is 4.60. The summed E-state index contributed by atoms with van der Waals surface area (Å²) in [5.74, 6) is 0.940. The molecule has 1 aromatic heterocycles. The highest BCUT2D eigenvalue weighted by Crippen LogP contribution is 2.22. The first kappa shape index (κ1) is 8.41. The van der Waals surface area contributed by atoms with E-state index in [-0.39, 0.29) is 0 Å². The van der Waals surface area contributed by atoms with E-state index in [9.17, 15) is 0 Å². The predicted molar refractivity (Wildman–Crippen MR) is 59.7 cm³/mol. The first-order valence-corrected chi connectivity index (χ1v) is 5.09. The SMILES string of the molecule is c1ccc(-c2cnc3c(n2)CCN3)cc1. The van der Waals surface area contributed by atoms with E-state index in [0.717, 1.165) is 35.7 Å². The second-order valence-electron chi connectivity index (χ2n) is 3.59. The number of fused-ring (bicyclic) bond motifs is 1. The second-order valence-corrected chi connectivity index (χ2v) is 3.59. The fraction of sp³-hybridized carbons (Fsp3) is 0.167. The molecule has 0 atom stereocenters. The lowest BCUT2D eigenvalue weighted by Gasteiger charge is -2.02. The third kappa shape index (κ3) is 1.46. The van der Waals surface area contributed by atoms with Crippen molar-refractivity contribution < 1.29 is 0 Å². The highest BCUT2D eigenvalue weighted by atomic mass is 15.0. The number of nitrogens with one attached hydrogen (secondary N) is 1. The van der Waals surface area contributed by atoms with Gasteiger partial charge in [-0.15, -0.1) is 0 Å². The van der Waals surface area contributed by atoms with Gasteiger partial charge in [0.1, 0.15) is 5.82 Å². The molecule has 74 valence electrons. The number of anilines is 1. The van der Waals surface area contributed by atoms with Gasteiger partial charge < -0.3 is 5.32 Å². The minimum Gasteiger partial charge on any atom is -0.368 e. The number of hydrogen-bond acceptors (Lipinski definition) is 3. The summed E-state index contributed by atoms with van der Waals surface area (Å²) in [4.78, 5) is 8.96. The van der Waals surface area contributed by atoms with Gasteiger partial charge in [-0.25, -0.2) is 9.97 Å². The Labute approximate surface area is 88.2 Å². The van der Waals surface area contributed by atoms with Crippen molar-refractivity contribution in [1.29, 1.82) is 0 Å². The smallest absolute Gasteiger partial charge is 0.147 e. The summed E-state index contributed by atoms with van der Waals surface area (Å²) in [6, 6.07) is 10.1. The Balaban J connectivity index is 2.07. The minimum atomic E-state index is 0.940. The van der Waals surface area contributed by atoms with Gasteiger partial charge in [-0.05, 0) is 0 Å². The van der Waals surface area contributed by atoms with E-state index in [1.165, 1.54) is 0 Å². The average molecular weight is 197 g/mol. The quantitative estimate of drug-likeness (QED) is 0.760. The molecule has 2 heterocycles. The number of benzene rings is 1. The van der Waals surface area contributed by atoms with Crippen LogP contribution in [0.4, 0.5) is 5.82 Å². The lowest BCUT2D eigenvalue weighted by atomic mass is 10.1. The van der Waals surface area contributed by atoms with Crippen LogP contribution in [0.2, 0.25) is 0 Å². The Kier molecular flexibility index (Phi) is 1.88. The first-order chi connectivity index (χ1) is 7.43. The normalized spacial score (nSPS) is 13.3. The fourth-order valence-electron chi connectivity index (χ4n) is 1.80. The van der Waals surface area contributed by atoms with Crippen molar-refractivity contribution in [3.05, 3.63) is 42.2 Å². The van der Waals surface area contributed by atoms with E-state index in [2.05, 4.69) is 27.4 Å². The van der Waals surface area contributed by atoms with Crippen LogP contribution in [0.3, 0.4) is 0 Å². The molecule has 1 N–H and O–H groups in total. The maximum atomic E-state index is 4.60. The summed E-state index contributed by atoms with van der Waals surface area (Å²) >= 11 is 0. The molecule has 0 saturated carbocycles. The van der Waals surface area contributed by atoms with E-state index in [0.29, 0.717) is 0 Å². The summed E-state index contributed by atoms with van der Waals surface area (Å²) in [6.07, 6.45) is 2.80.